The number of nitrogens with two attached hydrogens (primary N) is 1. The normalized spacial score (nSPS) is 10.1. The SMILES string of the molecule is Nc1ccc(Br)c(C(=O)Nc2ccc(O)c(C(=O)O)c2)c1. The van der Waals surface area contributed by atoms with Gasteiger partial charge in [-0.05, 0) is 52.3 Å². The quantitative estimate of drug-likeness (QED) is 0.502. The van der Waals surface area contributed by atoms with E-state index >= 15 is 0 Å². The van der Waals surface area contributed by atoms with Crippen LogP contribution in [0.15, 0.2) is 40.9 Å². The van der Waals surface area contributed by atoms with Crippen molar-refractivity contribution in [3.05, 3.63) is 52.0 Å². The van der Waals surface area contributed by atoms with E-state index in [9.17, 15) is 14.7 Å². The number of carbonyl (C=O) groups excluding carboxylic acids is 1. The number of benzene rings is 2. The third-order valence-corrected chi connectivity index (χ3v) is 3.41. The number of hydrogen-bond donors (Lipinski definition) is 4. The highest BCUT2D eigenvalue weighted by atomic mass is 79.9. The molecule has 0 spiro atoms. The molecule has 108 valence electrons. The van der Waals surface area contributed by atoms with E-state index in [2.05, 4.69) is 21.2 Å². The number of hydrogen-bond acceptors (Lipinski definition) is 4. The summed E-state index contributed by atoms with van der Waals surface area (Å²) >= 11 is 3.24. The van der Waals surface area contributed by atoms with Gasteiger partial charge >= 0.3 is 5.97 Å². The summed E-state index contributed by atoms with van der Waals surface area (Å²) < 4.78 is 0.562. The molecular weight excluding hydrogens is 340 g/mol. The van der Waals surface area contributed by atoms with Gasteiger partial charge in [0.2, 0.25) is 0 Å². The summed E-state index contributed by atoms with van der Waals surface area (Å²) in [4.78, 5) is 23.1. The number of carbonyl (C=O) groups is 2. The molecule has 0 heterocycles. The molecule has 5 N–H and O–H groups in total. The summed E-state index contributed by atoms with van der Waals surface area (Å²) in [6, 6.07) is 8.56. The second kappa shape index (κ2) is 5.84. The van der Waals surface area contributed by atoms with Crippen molar-refractivity contribution in [2.75, 3.05) is 11.1 Å². The molecule has 0 unspecified atom stereocenters. The van der Waals surface area contributed by atoms with Crippen molar-refractivity contribution in [2.24, 2.45) is 0 Å². The molecule has 0 saturated heterocycles. The molecule has 0 saturated carbocycles. The van der Waals surface area contributed by atoms with Gasteiger partial charge in [0.15, 0.2) is 0 Å². The monoisotopic (exact) mass is 350 g/mol. The fraction of sp³-hybridized carbons (Fsp3) is 0. The third kappa shape index (κ3) is 3.32. The third-order valence-electron chi connectivity index (χ3n) is 2.72. The minimum Gasteiger partial charge on any atom is -0.507 e. The molecule has 7 heteroatoms. The van der Waals surface area contributed by atoms with Crippen LogP contribution in [0.1, 0.15) is 20.7 Å². The van der Waals surface area contributed by atoms with Crippen LogP contribution in [0.25, 0.3) is 0 Å². The van der Waals surface area contributed by atoms with Gasteiger partial charge in [0, 0.05) is 15.8 Å². The number of halogens is 1. The lowest BCUT2D eigenvalue weighted by atomic mass is 10.1. The topological polar surface area (TPSA) is 113 Å². The second-order valence-corrected chi connectivity index (χ2v) is 5.08. The van der Waals surface area contributed by atoms with Gasteiger partial charge in [0.25, 0.3) is 5.91 Å². The van der Waals surface area contributed by atoms with E-state index in [4.69, 9.17) is 10.8 Å². The van der Waals surface area contributed by atoms with E-state index in [1.54, 1.807) is 12.1 Å². The summed E-state index contributed by atoms with van der Waals surface area (Å²) in [7, 11) is 0. The average molecular weight is 351 g/mol. The Labute approximate surface area is 128 Å². The molecule has 21 heavy (non-hydrogen) atoms. The number of rotatable bonds is 3. The molecule has 0 aromatic heterocycles. The van der Waals surface area contributed by atoms with Crippen molar-refractivity contribution < 1.29 is 19.8 Å². The summed E-state index contributed by atoms with van der Waals surface area (Å²) in [6.45, 7) is 0. The lowest BCUT2D eigenvalue weighted by molar-refractivity contribution is 0.0693. The summed E-state index contributed by atoms with van der Waals surface area (Å²) in [6.07, 6.45) is 0. The molecule has 0 radical (unpaired) electrons. The van der Waals surface area contributed by atoms with Crippen LogP contribution in [-0.2, 0) is 0 Å². The maximum absolute atomic E-state index is 12.1. The predicted molar refractivity (Wildman–Crippen MR) is 81.6 cm³/mol. The van der Waals surface area contributed by atoms with E-state index in [-0.39, 0.29) is 17.0 Å². The molecule has 2 rings (SSSR count). The number of phenols is 1. The smallest absolute Gasteiger partial charge is 0.339 e. The van der Waals surface area contributed by atoms with Gasteiger partial charge in [-0.2, -0.15) is 0 Å². The van der Waals surface area contributed by atoms with Crippen molar-refractivity contribution in [1.82, 2.24) is 0 Å². The maximum Gasteiger partial charge on any atom is 0.339 e. The Bertz CT molecular complexity index is 731. The molecule has 1 amide bonds. The molecule has 0 atom stereocenters. The standard InChI is InChI=1S/C14H11BrN2O4/c15-11-3-1-7(16)5-9(11)13(19)17-8-2-4-12(18)10(6-8)14(20)21/h1-6,18H,16H2,(H,17,19)(H,20,21). The summed E-state index contributed by atoms with van der Waals surface area (Å²) in [5, 5.41) is 20.9. The van der Waals surface area contributed by atoms with Gasteiger partial charge < -0.3 is 21.3 Å². The lowest BCUT2D eigenvalue weighted by Gasteiger charge is -2.09. The summed E-state index contributed by atoms with van der Waals surface area (Å²) in [5.74, 6) is -2.10. The highest BCUT2D eigenvalue weighted by Gasteiger charge is 2.14. The molecule has 0 aliphatic heterocycles. The minimum absolute atomic E-state index is 0.254. The van der Waals surface area contributed by atoms with Gasteiger partial charge in [-0.3, -0.25) is 4.79 Å². The van der Waals surface area contributed by atoms with Gasteiger partial charge in [-0.15, -0.1) is 0 Å². The average Bonchev–Trinajstić information content (AvgIpc) is 2.43. The first kappa shape index (κ1) is 14.9. The lowest BCUT2D eigenvalue weighted by Crippen LogP contribution is -2.13. The van der Waals surface area contributed by atoms with Crippen LogP contribution in [-0.4, -0.2) is 22.1 Å². The fourth-order valence-corrected chi connectivity index (χ4v) is 2.13. The second-order valence-electron chi connectivity index (χ2n) is 4.23. The Kier molecular flexibility index (Phi) is 4.13. The molecule has 0 fully saturated rings. The first-order valence-corrected chi connectivity index (χ1v) is 6.60. The fourth-order valence-electron chi connectivity index (χ4n) is 1.70. The van der Waals surface area contributed by atoms with Crippen LogP contribution < -0.4 is 11.1 Å². The van der Waals surface area contributed by atoms with Crippen LogP contribution in [0.4, 0.5) is 11.4 Å². The van der Waals surface area contributed by atoms with E-state index in [0.29, 0.717) is 15.7 Å². The predicted octanol–water partition coefficient (Wildman–Crippen LogP) is 2.69. The minimum atomic E-state index is -1.28. The number of aromatic hydroxyl groups is 1. The Hall–Kier alpha value is -2.54. The number of nitrogens with one attached hydrogen (secondary N) is 1. The molecule has 0 aliphatic rings. The van der Waals surface area contributed by atoms with Crippen molar-refractivity contribution in [1.29, 1.82) is 0 Å². The van der Waals surface area contributed by atoms with E-state index in [1.165, 1.54) is 24.3 Å². The number of anilines is 2. The van der Waals surface area contributed by atoms with Crippen LogP contribution in [0.2, 0.25) is 0 Å². The van der Waals surface area contributed by atoms with Crippen LogP contribution in [0.5, 0.6) is 5.75 Å². The molecular formula is C14H11BrN2O4. The van der Waals surface area contributed by atoms with Gasteiger partial charge in [-0.25, -0.2) is 4.79 Å². The van der Waals surface area contributed by atoms with Crippen molar-refractivity contribution in [2.45, 2.75) is 0 Å². The van der Waals surface area contributed by atoms with Gasteiger partial charge in [0.05, 0.1) is 5.56 Å². The zero-order chi connectivity index (χ0) is 15.6. The number of carboxylic acid groups (broad SMARTS) is 1. The van der Waals surface area contributed by atoms with Crippen LogP contribution in [0.3, 0.4) is 0 Å². The van der Waals surface area contributed by atoms with Crippen LogP contribution >= 0.6 is 15.9 Å². The number of amides is 1. The molecule has 6 nitrogen and oxygen atoms in total. The zero-order valence-corrected chi connectivity index (χ0v) is 12.2. The Morgan fingerprint density at radius 3 is 2.48 bits per heavy atom. The maximum atomic E-state index is 12.1. The highest BCUT2D eigenvalue weighted by molar-refractivity contribution is 9.10. The van der Waals surface area contributed by atoms with E-state index in [0.717, 1.165) is 0 Å². The molecule has 0 bridgehead atoms. The largest absolute Gasteiger partial charge is 0.507 e. The number of carboxylic acids is 1. The molecule has 2 aromatic rings. The molecule has 2 aromatic carbocycles. The summed E-state index contributed by atoms with van der Waals surface area (Å²) in [5.41, 5.74) is 6.34. The number of nitrogen functional groups attached to an aromatic ring is 1. The first-order chi connectivity index (χ1) is 9.88. The first-order valence-electron chi connectivity index (χ1n) is 5.81. The van der Waals surface area contributed by atoms with E-state index < -0.39 is 11.9 Å². The Morgan fingerprint density at radius 2 is 1.81 bits per heavy atom. The van der Waals surface area contributed by atoms with E-state index in [1.807, 2.05) is 0 Å². The Morgan fingerprint density at radius 1 is 1.10 bits per heavy atom. The van der Waals surface area contributed by atoms with Gasteiger partial charge in [-0.1, -0.05) is 0 Å². The van der Waals surface area contributed by atoms with Crippen LogP contribution in [0, 0.1) is 0 Å². The molecule has 0 aliphatic carbocycles. The van der Waals surface area contributed by atoms with Crippen molar-refractivity contribution >= 4 is 39.2 Å². The van der Waals surface area contributed by atoms with Gasteiger partial charge in [0.1, 0.15) is 11.3 Å². The highest BCUT2D eigenvalue weighted by Crippen LogP contribution is 2.24. The zero-order valence-electron chi connectivity index (χ0n) is 10.6. The van der Waals surface area contributed by atoms with Crippen molar-refractivity contribution in [3.63, 3.8) is 0 Å². The van der Waals surface area contributed by atoms with Crippen molar-refractivity contribution in [3.8, 4) is 5.75 Å². The Balaban J connectivity index is 2.29. The number of aromatic carboxylic acids is 1.